The number of nitrogens with zero attached hydrogens (tertiary/aromatic N) is 3. The van der Waals surface area contributed by atoms with Gasteiger partial charge in [0.2, 0.25) is 0 Å². The smallest absolute Gasteiger partial charge is 0.163 e. The van der Waals surface area contributed by atoms with Crippen molar-refractivity contribution in [3.63, 3.8) is 0 Å². The topological polar surface area (TPSA) is 59.4 Å². The lowest BCUT2D eigenvalue weighted by molar-refractivity contribution is 0.0899. The van der Waals surface area contributed by atoms with Crippen molar-refractivity contribution in [3.05, 3.63) is 59.9 Å². The number of fused-ring (bicyclic) bond motifs is 1. The molecule has 35 heavy (non-hydrogen) atoms. The minimum Gasteiger partial charge on any atom is -0.380 e. The summed E-state index contributed by atoms with van der Waals surface area (Å²) in [6.07, 6.45) is 4.87. The summed E-state index contributed by atoms with van der Waals surface area (Å²) in [4.78, 5) is 19.7. The van der Waals surface area contributed by atoms with Gasteiger partial charge >= 0.3 is 0 Å². The molecule has 188 valence electrons. The maximum Gasteiger partial charge on any atom is 0.163 e. The molecular formula is C28H40N4O2Si. The van der Waals surface area contributed by atoms with Crippen molar-refractivity contribution in [2.75, 3.05) is 25.0 Å². The number of ketones is 1. The average Bonchev–Trinajstić information content (AvgIpc) is 3.22. The van der Waals surface area contributed by atoms with Crippen molar-refractivity contribution in [3.8, 4) is 0 Å². The molecule has 1 aromatic carbocycles. The van der Waals surface area contributed by atoms with Crippen molar-refractivity contribution in [1.82, 2.24) is 14.5 Å². The number of aromatic nitrogens is 2. The molecular weight excluding hydrogens is 452 g/mol. The second-order valence-corrected chi connectivity index (χ2v) is 16.8. The second kappa shape index (κ2) is 11.1. The van der Waals surface area contributed by atoms with Gasteiger partial charge in [-0.3, -0.25) is 9.69 Å². The fourth-order valence-electron chi connectivity index (χ4n) is 4.70. The van der Waals surface area contributed by atoms with Crippen LogP contribution in [0.1, 0.15) is 36.2 Å². The molecule has 1 aliphatic rings. The molecule has 0 aliphatic carbocycles. The molecule has 2 atom stereocenters. The summed E-state index contributed by atoms with van der Waals surface area (Å²) in [7, 11) is -1.13. The van der Waals surface area contributed by atoms with Crippen molar-refractivity contribution in [2.45, 2.75) is 65.3 Å². The third kappa shape index (κ3) is 6.60. The maximum atomic E-state index is 12.5. The molecule has 6 nitrogen and oxygen atoms in total. The van der Waals surface area contributed by atoms with Crippen molar-refractivity contribution in [1.29, 1.82) is 0 Å². The van der Waals surface area contributed by atoms with E-state index < -0.39 is 8.07 Å². The first-order valence-corrected chi connectivity index (χ1v) is 16.5. The number of nitrogens with one attached hydrogen (secondary N) is 1. The Labute approximate surface area is 210 Å². The molecule has 0 amide bonds. The molecule has 7 heteroatoms. The number of ether oxygens (including phenoxy) is 1. The van der Waals surface area contributed by atoms with E-state index in [-0.39, 0.29) is 11.8 Å². The van der Waals surface area contributed by atoms with Gasteiger partial charge in [-0.15, -0.1) is 0 Å². The molecule has 0 bridgehead atoms. The number of piperidine rings is 1. The Morgan fingerprint density at radius 2 is 1.97 bits per heavy atom. The van der Waals surface area contributed by atoms with E-state index in [1.165, 1.54) is 5.56 Å². The molecule has 0 saturated carbocycles. The van der Waals surface area contributed by atoms with Crippen molar-refractivity contribution < 1.29 is 9.53 Å². The minimum atomic E-state index is -1.13. The van der Waals surface area contributed by atoms with Gasteiger partial charge in [0.05, 0.1) is 11.3 Å². The van der Waals surface area contributed by atoms with E-state index in [0.29, 0.717) is 18.2 Å². The predicted octanol–water partition coefficient (Wildman–Crippen LogP) is 5.87. The van der Waals surface area contributed by atoms with Crippen molar-refractivity contribution in [2.24, 2.45) is 5.92 Å². The minimum absolute atomic E-state index is 0.0330. The number of hydrogen-bond donors (Lipinski definition) is 1. The number of pyridine rings is 1. The highest BCUT2D eigenvalue weighted by Crippen LogP contribution is 2.31. The molecule has 0 unspecified atom stereocenters. The summed E-state index contributed by atoms with van der Waals surface area (Å²) in [6.45, 7) is 15.2. The quantitative estimate of drug-likeness (QED) is 0.218. The summed E-state index contributed by atoms with van der Waals surface area (Å²) in [5, 5.41) is 4.77. The molecule has 4 rings (SSSR count). The zero-order valence-corrected chi connectivity index (χ0v) is 22.9. The van der Waals surface area contributed by atoms with Gasteiger partial charge in [-0.1, -0.05) is 56.9 Å². The number of hydrogen-bond acceptors (Lipinski definition) is 5. The van der Waals surface area contributed by atoms with Gasteiger partial charge in [-0.25, -0.2) is 4.98 Å². The molecule has 1 saturated heterocycles. The lowest BCUT2D eigenvalue weighted by Crippen LogP contribution is -2.46. The maximum absolute atomic E-state index is 12.5. The van der Waals surface area contributed by atoms with Crippen LogP contribution in [0, 0.1) is 5.92 Å². The summed E-state index contributed by atoms with van der Waals surface area (Å²) in [5.74, 6) is 0.544. The average molecular weight is 493 g/mol. The molecule has 1 fully saturated rings. The molecule has 0 radical (unpaired) electrons. The zero-order chi connectivity index (χ0) is 25.0. The Morgan fingerprint density at radius 3 is 2.69 bits per heavy atom. The monoisotopic (exact) mass is 492 g/mol. The number of carbonyl (C=O) groups is 1. The van der Waals surface area contributed by atoms with Crippen LogP contribution in [0.4, 0.5) is 5.69 Å². The van der Waals surface area contributed by atoms with Crippen LogP contribution in [0.25, 0.3) is 11.0 Å². The van der Waals surface area contributed by atoms with Gasteiger partial charge in [-0.05, 0) is 43.5 Å². The first-order valence-electron chi connectivity index (χ1n) is 12.8. The number of rotatable bonds is 10. The van der Waals surface area contributed by atoms with E-state index in [2.05, 4.69) is 78.2 Å². The summed E-state index contributed by atoms with van der Waals surface area (Å²) in [6, 6.07) is 14.1. The van der Waals surface area contributed by atoms with Crippen LogP contribution >= 0.6 is 0 Å². The fraction of sp³-hybridized carbons (Fsp3) is 0.500. The lowest BCUT2D eigenvalue weighted by atomic mass is 9.92. The summed E-state index contributed by atoms with van der Waals surface area (Å²) in [5.41, 5.74) is 3.75. The number of anilines is 1. The van der Waals surface area contributed by atoms with Gasteiger partial charge in [0.25, 0.3) is 0 Å². The van der Waals surface area contributed by atoms with E-state index in [9.17, 15) is 4.79 Å². The molecule has 0 spiro atoms. The Balaban J connectivity index is 1.53. The highest BCUT2D eigenvalue weighted by atomic mass is 28.3. The SMILES string of the molecule is CC(=O)c1cnc2c(ccn2COCC[Si](C)(C)C)c1N[C@H]1CN(Cc2ccccc2)CC[C@H]1C. The Kier molecular flexibility index (Phi) is 8.09. The van der Waals surface area contributed by atoms with Gasteiger partial charge in [-0.2, -0.15) is 0 Å². The standard InChI is InChI=1S/C28H40N4O2Si/c1-21-11-13-31(18-23-9-7-6-8-10-23)19-26(21)30-27-24-12-14-32(20-34-15-16-35(3,4)5)28(24)29-17-25(27)22(2)33/h6-10,12,14,17,21,26H,11,13,15-16,18-20H2,1-5H3,(H,29,30)/t21-,26+/m1/s1. The largest absolute Gasteiger partial charge is 0.380 e. The normalized spacial score (nSPS) is 19.2. The van der Waals surface area contributed by atoms with Crippen LogP contribution in [0.5, 0.6) is 0 Å². The highest BCUT2D eigenvalue weighted by molar-refractivity contribution is 6.76. The van der Waals surface area contributed by atoms with E-state index in [0.717, 1.165) is 55.4 Å². The van der Waals surface area contributed by atoms with Gasteiger partial charge in [0.1, 0.15) is 12.4 Å². The lowest BCUT2D eigenvalue weighted by Gasteiger charge is -2.38. The molecule has 3 aromatic rings. The van der Waals surface area contributed by atoms with Gasteiger partial charge in [0.15, 0.2) is 5.78 Å². The van der Waals surface area contributed by atoms with E-state index in [1.807, 2.05) is 10.8 Å². The Bertz CT molecular complexity index is 1140. The van der Waals surface area contributed by atoms with Crippen LogP contribution in [-0.4, -0.2) is 54.0 Å². The third-order valence-corrected chi connectivity index (χ3v) is 8.72. The number of likely N-dealkylation sites (tertiary alicyclic amines) is 1. The summed E-state index contributed by atoms with van der Waals surface area (Å²) >= 11 is 0. The second-order valence-electron chi connectivity index (χ2n) is 11.2. The van der Waals surface area contributed by atoms with Gasteiger partial charge < -0.3 is 14.6 Å². The van der Waals surface area contributed by atoms with Gasteiger partial charge in [0, 0.05) is 51.6 Å². The zero-order valence-electron chi connectivity index (χ0n) is 21.9. The molecule has 3 heterocycles. The highest BCUT2D eigenvalue weighted by Gasteiger charge is 2.28. The predicted molar refractivity (Wildman–Crippen MR) is 147 cm³/mol. The van der Waals surface area contributed by atoms with Crippen LogP contribution in [0.2, 0.25) is 25.7 Å². The molecule has 1 N–H and O–H groups in total. The number of carbonyl (C=O) groups excluding carboxylic acids is 1. The molecule has 2 aromatic heterocycles. The van der Waals surface area contributed by atoms with E-state index in [1.54, 1.807) is 13.1 Å². The number of Topliss-reactive ketones (excluding diaryl/α,β-unsaturated/α-hetero) is 1. The summed E-state index contributed by atoms with van der Waals surface area (Å²) < 4.78 is 8.02. The van der Waals surface area contributed by atoms with E-state index >= 15 is 0 Å². The molecule has 1 aliphatic heterocycles. The van der Waals surface area contributed by atoms with Crippen molar-refractivity contribution >= 4 is 30.6 Å². The van der Waals surface area contributed by atoms with Crippen LogP contribution in [0.3, 0.4) is 0 Å². The number of benzene rings is 1. The Hall–Kier alpha value is -2.48. The van der Waals surface area contributed by atoms with E-state index in [4.69, 9.17) is 4.74 Å². The van der Waals surface area contributed by atoms with Crippen LogP contribution in [0.15, 0.2) is 48.8 Å². The van der Waals surface area contributed by atoms with Crippen LogP contribution in [-0.2, 0) is 18.0 Å². The van der Waals surface area contributed by atoms with Crippen LogP contribution < -0.4 is 5.32 Å². The first-order chi connectivity index (χ1) is 16.7. The first kappa shape index (κ1) is 25.6. The third-order valence-electron chi connectivity index (χ3n) is 7.02. The Morgan fingerprint density at radius 1 is 1.20 bits per heavy atom. The fourth-order valence-corrected chi connectivity index (χ4v) is 5.46.